The molecule has 2 aliphatic heterocycles. The molecular formula is C42H52Cl2N4O13. The molecule has 0 radical (unpaired) electrons. The van der Waals surface area contributed by atoms with Gasteiger partial charge < -0.3 is 59.9 Å². The number of aliphatic hydroxyl groups excluding tert-OH is 3. The molecule has 3 aromatic rings. The number of rotatable bonds is 7. The van der Waals surface area contributed by atoms with Gasteiger partial charge in [-0.15, -0.1) is 0 Å². The molecule has 0 spiro atoms. The van der Waals surface area contributed by atoms with Crippen LogP contribution in [-0.2, 0) is 44.6 Å². The highest BCUT2D eigenvalue weighted by molar-refractivity contribution is 6.32. The van der Waals surface area contributed by atoms with Crippen LogP contribution in [0.1, 0.15) is 58.2 Å². The maximum Gasteiger partial charge on any atom is 0.338 e. The van der Waals surface area contributed by atoms with E-state index in [9.17, 15) is 44.4 Å². The number of ether oxygens (including phenoxy) is 4. The summed E-state index contributed by atoms with van der Waals surface area (Å²) in [4.78, 5) is 72.7. The zero-order valence-corrected chi connectivity index (χ0v) is 36.1. The lowest BCUT2D eigenvalue weighted by atomic mass is 9.94. The Balaban J connectivity index is 1.59. The van der Waals surface area contributed by atoms with Gasteiger partial charge in [-0.25, -0.2) is 4.79 Å². The van der Waals surface area contributed by atoms with Gasteiger partial charge in [-0.1, -0.05) is 73.0 Å². The lowest BCUT2D eigenvalue weighted by molar-refractivity contribution is -0.306. The number of aliphatic carboxylic acids is 1. The monoisotopic (exact) mass is 890 g/mol. The molecule has 17 nitrogen and oxygen atoms in total. The predicted molar refractivity (Wildman–Crippen MR) is 221 cm³/mol. The number of cyclic esters (lactones) is 1. The van der Waals surface area contributed by atoms with Crippen LogP contribution in [0.2, 0.25) is 10.2 Å². The Bertz CT molecular complexity index is 2150. The summed E-state index contributed by atoms with van der Waals surface area (Å²) in [5.74, 6) is -7.06. The lowest BCUT2D eigenvalue weighted by Gasteiger charge is -2.38. The summed E-state index contributed by atoms with van der Waals surface area (Å²) in [5, 5.41) is 46.7. The van der Waals surface area contributed by atoms with Crippen LogP contribution in [-0.4, -0.2) is 123 Å². The Morgan fingerprint density at radius 2 is 1.66 bits per heavy atom. The highest BCUT2D eigenvalue weighted by atomic mass is 35.5. The van der Waals surface area contributed by atoms with E-state index < -0.39 is 90.7 Å². The van der Waals surface area contributed by atoms with E-state index in [1.54, 1.807) is 26.0 Å². The van der Waals surface area contributed by atoms with E-state index >= 15 is 0 Å². The van der Waals surface area contributed by atoms with Crippen molar-refractivity contribution in [2.75, 3.05) is 14.2 Å². The normalized spacial score (nSPS) is 31.3. The zero-order valence-electron chi connectivity index (χ0n) is 34.6. The van der Waals surface area contributed by atoms with E-state index in [2.05, 4.69) is 15.6 Å². The number of H-pyrrole nitrogens is 1. The Morgan fingerprint density at radius 1 is 0.967 bits per heavy atom. The fourth-order valence-corrected chi connectivity index (χ4v) is 8.03. The number of carboxylic acids is 1. The standard InChI is InChI=1S/C42H52Cl2N4O13/c1-18-14-19(2)22(5)59-41(57)34(58-7)31(23-12-13-29(26(43)16-23)60-42-30(39(54)55)32(49)33(50)40(56)61-42)47-37(52)28(17-25-24-10-8-9-11-27(24)46-35(25)44)48(6)38(53)21(4)45-36(51)20(3)15-18/h8-14,16,19-22,28,30-34,40,42,46,49-50,56H,15,17H2,1-7H3,(H,45,51)(H,47,52)(H,54,55)/t19-,20-,21-,22+,28+,30?,31?,32?,33?,34-,40?,42?/m0/s1. The van der Waals surface area contributed by atoms with Gasteiger partial charge in [0.2, 0.25) is 24.0 Å². The molecule has 6 unspecified atom stereocenters. The van der Waals surface area contributed by atoms with Crippen molar-refractivity contribution in [3.05, 3.63) is 75.4 Å². The topological polar surface area (TPSA) is 246 Å². The molecule has 1 saturated heterocycles. The average Bonchev–Trinajstić information content (AvgIpc) is 3.52. The number of esters is 1. The fourth-order valence-electron chi connectivity index (χ4n) is 7.52. The number of para-hydroxylation sites is 1. The molecule has 2 aliphatic rings. The molecule has 332 valence electrons. The predicted octanol–water partition coefficient (Wildman–Crippen LogP) is 3.25. The number of amides is 3. The number of halogens is 2. The Hall–Kier alpha value is -4.75. The largest absolute Gasteiger partial charge is 0.481 e. The van der Waals surface area contributed by atoms with Crippen molar-refractivity contribution in [1.29, 1.82) is 0 Å². The Labute approximate surface area is 362 Å². The van der Waals surface area contributed by atoms with Gasteiger partial charge in [0.1, 0.15) is 47.2 Å². The molecule has 3 heterocycles. The lowest BCUT2D eigenvalue weighted by Crippen LogP contribution is -2.58. The number of carbonyl (C=O) groups is 5. The summed E-state index contributed by atoms with van der Waals surface area (Å²) < 4.78 is 22.5. The third-order valence-electron chi connectivity index (χ3n) is 11.2. The molecule has 2 aromatic carbocycles. The molecule has 0 saturated carbocycles. The van der Waals surface area contributed by atoms with Gasteiger partial charge in [0.25, 0.3) is 0 Å². The first-order valence-corrected chi connectivity index (χ1v) is 20.4. The molecule has 0 aliphatic carbocycles. The quantitative estimate of drug-likeness (QED) is 0.133. The van der Waals surface area contributed by atoms with E-state index in [1.807, 2.05) is 32.1 Å². The van der Waals surface area contributed by atoms with Crippen molar-refractivity contribution in [2.45, 2.75) is 103 Å². The molecule has 0 bridgehead atoms. The Kier molecular flexibility index (Phi) is 15.5. The number of nitrogens with zero attached hydrogens (tertiary/aromatic N) is 1. The number of fused-ring (bicyclic) bond motifs is 1. The number of allylic oxidation sites excluding steroid dienone is 1. The van der Waals surface area contributed by atoms with E-state index in [-0.39, 0.29) is 39.7 Å². The summed E-state index contributed by atoms with van der Waals surface area (Å²) in [6.45, 7) is 8.64. The van der Waals surface area contributed by atoms with E-state index in [0.29, 0.717) is 22.9 Å². The summed E-state index contributed by atoms with van der Waals surface area (Å²) in [6, 6.07) is 7.48. The average molecular weight is 892 g/mol. The number of aromatic nitrogens is 1. The van der Waals surface area contributed by atoms with Crippen molar-refractivity contribution < 1.29 is 63.3 Å². The molecule has 19 heteroatoms. The molecule has 61 heavy (non-hydrogen) atoms. The van der Waals surface area contributed by atoms with Crippen LogP contribution in [0, 0.1) is 17.8 Å². The van der Waals surface area contributed by atoms with Gasteiger partial charge in [0, 0.05) is 43.3 Å². The fraction of sp³-hybridized carbons (Fsp3) is 0.500. The number of hydrogen-bond acceptors (Lipinski definition) is 12. The number of aromatic amines is 1. The van der Waals surface area contributed by atoms with Gasteiger partial charge in [0.15, 0.2) is 12.4 Å². The zero-order chi connectivity index (χ0) is 45.0. The van der Waals surface area contributed by atoms with Crippen molar-refractivity contribution in [1.82, 2.24) is 20.5 Å². The number of methoxy groups -OCH3 is 1. The molecule has 1 fully saturated rings. The summed E-state index contributed by atoms with van der Waals surface area (Å²) in [6.07, 6.45) is -7.81. The highest BCUT2D eigenvalue weighted by Gasteiger charge is 2.49. The number of hydrogen-bond donors (Lipinski definition) is 7. The SMILES string of the molecule is CO[C@@H]1C(=O)O[C@H](C)[C@@H](C)C=C(C)C[C@H](C)C(=O)N[C@@H](C)C(=O)N(C)[C@H](Cc2c(Cl)[nH]c3ccccc23)C(=O)NC1c1ccc(OC2OC(O)C(O)C(O)C2C(=O)O)c(Cl)c1. The van der Waals surface area contributed by atoms with Crippen LogP contribution in [0.3, 0.4) is 0 Å². The molecular weight excluding hydrogens is 839 g/mol. The van der Waals surface area contributed by atoms with Crippen LogP contribution in [0.25, 0.3) is 10.9 Å². The maximum absolute atomic E-state index is 14.8. The number of carbonyl (C=O) groups excluding carboxylic acids is 4. The minimum absolute atomic E-state index is 0.118. The summed E-state index contributed by atoms with van der Waals surface area (Å²) in [7, 11) is 2.66. The summed E-state index contributed by atoms with van der Waals surface area (Å²) in [5.41, 5.74) is 2.23. The van der Waals surface area contributed by atoms with E-state index in [4.69, 9.17) is 42.1 Å². The minimum Gasteiger partial charge on any atom is -0.481 e. The Morgan fingerprint density at radius 3 is 2.31 bits per heavy atom. The maximum atomic E-state index is 14.8. The van der Waals surface area contributed by atoms with Gasteiger partial charge in [-0.05, 0) is 56.5 Å². The van der Waals surface area contributed by atoms with Gasteiger partial charge >= 0.3 is 11.9 Å². The van der Waals surface area contributed by atoms with Crippen LogP contribution in [0.5, 0.6) is 5.75 Å². The number of benzene rings is 2. The van der Waals surface area contributed by atoms with Crippen molar-refractivity contribution in [2.24, 2.45) is 17.8 Å². The smallest absolute Gasteiger partial charge is 0.338 e. The van der Waals surface area contributed by atoms with Crippen molar-refractivity contribution in [3.8, 4) is 5.75 Å². The third kappa shape index (κ3) is 10.7. The van der Waals surface area contributed by atoms with Crippen LogP contribution in [0.4, 0.5) is 0 Å². The number of carboxylic acid groups (broad SMARTS) is 1. The van der Waals surface area contributed by atoms with Crippen molar-refractivity contribution in [3.63, 3.8) is 0 Å². The van der Waals surface area contributed by atoms with Crippen LogP contribution < -0.4 is 15.4 Å². The second-order valence-electron chi connectivity index (χ2n) is 15.7. The van der Waals surface area contributed by atoms with Gasteiger partial charge in [-0.2, -0.15) is 0 Å². The molecule has 7 N–H and O–H groups in total. The third-order valence-corrected chi connectivity index (χ3v) is 11.8. The summed E-state index contributed by atoms with van der Waals surface area (Å²) >= 11 is 13.4. The van der Waals surface area contributed by atoms with E-state index in [0.717, 1.165) is 5.57 Å². The second-order valence-corrected chi connectivity index (χ2v) is 16.5. The first-order valence-electron chi connectivity index (χ1n) is 19.7. The van der Waals surface area contributed by atoms with Crippen molar-refractivity contribution >= 4 is 63.8 Å². The first kappa shape index (κ1) is 47.3. The minimum atomic E-state index is -1.99. The molecule has 12 atom stereocenters. The number of nitrogens with one attached hydrogen (secondary N) is 3. The highest BCUT2D eigenvalue weighted by Crippen LogP contribution is 2.35. The van der Waals surface area contributed by atoms with Crippen LogP contribution in [0.15, 0.2) is 54.1 Å². The number of aliphatic hydroxyl groups is 3. The molecule has 5 rings (SSSR count). The second kappa shape index (κ2) is 20.0. The molecule has 3 amide bonds. The first-order chi connectivity index (χ1) is 28.7. The number of likely N-dealkylation sites (N-methyl/N-ethyl adjacent to an activating group) is 1. The van der Waals surface area contributed by atoms with Gasteiger partial charge in [-0.3, -0.25) is 19.2 Å². The van der Waals surface area contributed by atoms with E-state index in [1.165, 1.54) is 44.2 Å². The molecule has 1 aromatic heterocycles. The van der Waals surface area contributed by atoms with Crippen LogP contribution >= 0.6 is 23.2 Å². The van der Waals surface area contributed by atoms with Gasteiger partial charge in [0.05, 0.1) is 11.1 Å².